The molecule has 3 aromatic rings. The van der Waals surface area contributed by atoms with Crippen LogP contribution >= 0.6 is 0 Å². The van der Waals surface area contributed by atoms with Crippen molar-refractivity contribution < 1.29 is 18.7 Å². The Labute approximate surface area is 157 Å². The van der Waals surface area contributed by atoms with Crippen molar-refractivity contribution >= 4 is 22.6 Å². The molecule has 3 rings (SSSR count). The average Bonchev–Trinajstić information content (AvgIpc) is 2.68. The summed E-state index contributed by atoms with van der Waals surface area (Å²) < 4.78 is 17.8. The van der Waals surface area contributed by atoms with Gasteiger partial charge in [0, 0.05) is 6.42 Å². The van der Waals surface area contributed by atoms with Gasteiger partial charge in [-0.15, -0.1) is 0 Å². The maximum absolute atomic E-state index is 13.1. The summed E-state index contributed by atoms with van der Waals surface area (Å²) in [7, 11) is 1.27. The van der Waals surface area contributed by atoms with Crippen molar-refractivity contribution in [2.45, 2.75) is 18.9 Å². The van der Waals surface area contributed by atoms with Crippen molar-refractivity contribution in [3.8, 4) is 0 Å². The second-order valence-corrected chi connectivity index (χ2v) is 6.33. The van der Waals surface area contributed by atoms with Gasteiger partial charge in [0.25, 0.3) is 0 Å². The van der Waals surface area contributed by atoms with Crippen molar-refractivity contribution in [1.29, 1.82) is 0 Å². The minimum atomic E-state index is -0.826. The second-order valence-electron chi connectivity index (χ2n) is 6.33. The number of nitrogens with one attached hydrogen (secondary N) is 1. The highest BCUT2D eigenvalue weighted by Gasteiger charge is 2.22. The molecule has 0 radical (unpaired) electrons. The van der Waals surface area contributed by atoms with Gasteiger partial charge in [0.05, 0.1) is 13.5 Å². The van der Waals surface area contributed by atoms with Crippen LogP contribution in [0.2, 0.25) is 0 Å². The first kappa shape index (κ1) is 18.6. The standard InChI is InChI=1S/C22H20FNO3/c1-27-22(26)20(13-15-7-10-19(23)11-8-15)24-21(25)14-16-6-9-17-4-2-3-5-18(17)12-16/h2-12,20H,13-14H2,1H3,(H,24,25)/t20-/m0/s1. The van der Waals surface area contributed by atoms with Crippen LogP contribution in [0, 0.1) is 5.82 Å². The molecule has 0 aliphatic rings. The number of halogens is 1. The van der Waals surface area contributed by atoms with E-state index in [4.69, 9.17) is 4.74 Å². The smallest absolute Gasteiger partial charge is 0.328 e. The molecule has 3 aromatic carbocycles. The van der Waals surface area contributed by atoms with E-state index in [0.717, 1.165) is 21.9 Å². The number of benzene rings is 3. The van der Waals surface area contributed by atoms with Crippen LogP contribution in [0.25, 0.3) is 10.8 Å². The summed E-state index contributed by atoms with van der Waals surface area (Å²) in [5, 5.41) is 4.88. The van der Waals surface area contributed by atoms with Crippen molar-refractivity contribution in [3.05, 3.63) is 83.7 Å². The SMILES string of the molecule is COC(=O)[C@H](Cc1ccc(F)cc1)NC(=O)Cc1ccc2ccccc2c1. The van der Waals surface area contributed by atoms with Crippen LogP contribution < -0.4 is 5.32 Å². The number of rotatable bonds is 6. The molecule has 0 spiro atoms. The molecule has 0 unspecified atom stereocenters. The van der Waals surface area contributed by atoms with E-state index in [1.807, 2.05) is 42.5 Å². The average molecular weight is 365 g/mol. The lowest BCUT2D eigenvalue weighted by Crippen LogP contribution is -2.43. The van der Waals surface area contributed by atoms with Gasteiger partial charge in [0.15, 0.2) is 0 Å². The Morgan fingerprint density at radius 3 is 2.33 bits per heavy atom. The summed E-state index contributed by atoms with van der Waals surface area (Å²) in [5.74, 6) is -1.16. The monoisotopic (exact) mass is 365 g/mol. The minimum Gasteiger partial charge on any atom is -0.467 e. The molecule has 138 valence electrons. The van der Waals surface area contributed by atoms with Crippen LogP contribution in [-0.2, 0) is 27.2 Å². The summed E-state index contributed by atoms with van der Waals surface area (Å²) in [4.78, 5) is 24.5. The van der Waals surface area contributed by atoms with Crippen molar-refractivity contribution in [2.24, 2.45) is 0 Å². The molecular weight excluding hydrogens is 345 g/mol. The molecule has 0 heterocycles. The third kappa shape index (κ3) is 4.91. The normalized spacial score (nSPS) is 11.8. The topological polar surface area (TPSA) is 55.4 Å². The maximum atomic E-state index is 13.1. The summed E-state index contributed by atoms with van der Waals surface area (Å²) in [5.41, 5.74) is 1.59. The van der Waals surface area contributed by atoms with E-state index in [1.54, 1.807) is 12.1 Å². The number of carbonyl (C=O) groups is 2. The Balaban J connectivity index is 1.69. The molecule has 5 heteroatoms. The fraction of sp³-hybridized carbons (Fsp3) is 0.182. The fourth-order valence-corrected chi connectivity index (χ4v) is 2.97. The number of carbonyl (C=O) groups excluding carboxylic acids is 2. The molecule has 0 aliphatic heterocycles. The van der Waals surface area contributed by atoms with Gasteiger partial charge in [0.2, 0.25) is 5.91 Å². The predicted octanol–water partition coefficient (Wildman–Crippen LogP) is 3.42. The third-order valence-electron chi connectivity index (χ3n) is 4.35. The zero-order valence-electron chi connectivity index (χ0n) is 14.9. The first-order valence-electron chi connectivity index (χ1n) is 8.64. The minimum absolute atomic E-state index is 0.155. The molecule has 1 atom stereocenters. The van der Waals surface area contributed by atoms with Crippen LogP contribution in [0.5, 0.6) is 0 Å². The highest BCUT2D eigenvalue weighted by molar-refractivity contribution is 5.88. The van der Waals surface area contributed by atoms with E-state index in [9.17, 15) is 14.0 Å². The number of fused-ring (bicyclic) bond motifs is 1. The first-order chi connectivity index (χ1) is 13.0. The highest BCUT2D eigenvalue weighted by Crippen LogP contribution is 2.16. The first-order valence-corrected chi connectivity index (χ1v) is 8.64. The van der Waals surface area contributed by atoms with Gasteiger partial charge in [-0.2, -0.15) is 0 Å². The Bertz CT molecular complexity index is 953. The van der Waals surface area contributed by atoms with E-state index in [0.29, 0.717) is 0 Å². The van der Waals surface area contributed by atoms with E-state index in [-0.39, 0.29) is 24.6 Å². The zero-order chi connectivity index (χ0) is 19.2. The lowest BCUT2D eigenvalue weighted by Gasteiger charge is -2.17. The molecule has 0 saturated heterocycles. The van der Waals surface area contributed by atoms with E-state index in [1.165, 1.54) is 19.2 Å². The van der Waals surface area contributed by atoms with Gasteiger partial charge in [-0.25, -0.2) is 9.18 Å². The summed E-state index contributed by atoms with van der Waals surface area (Å²) in [6, 6.07) is 18.7. The predicted molar refractivity (Wildman–Crippen MR) is 102 cm³/mol. The van der Waals surface area contributed by atoms with Crippen molar-refractivity contribution in [3.63, 3.8) is 0 Å². The third-order valence-corrected chi connectivity index (χ3v) is 4.35. The number of hydrogen-bond acceptors (Lipinski definition) is 3. The van der Waals surface area contributed by atoms with Crippen LogP contribution in [-0.4, -0.2) is 25.0 Å². The molecular formula is C22H20FNO3. The fourth-order valence-electron chi connectivity index (χ4n) is 2.97. The molecule has 0 bridgehead atoms. The molecule has 1 N–H and O–H groups in total. The Morgan fingerprint density at radius 1 is 0.963 bits per heavy atom. The number of hydrogen-bond donors (Lipinski definition) is 1. The van der Waals surface area contributed by atoms with Crippen molar-refractivity contribution in [1.82, 2.24) is 5.32 Å². The molecule has 1 amide bonds. The van der Waals surface area contributed by atoms with Gasteiger partial charge in [-0.3, -0.25) is 4.79 Å². The van der Waals surface area contributed by atoms with Gasteiger partial charge in [-0.05, 0) is 34.0 Å². The van der Waals surface area contributed by atoms with E-state index in [2.05, 4.69) is 5.32 Å². The molecule has 0 aromatic heterocycles. The van der Waals surface area contributed by atoms with Gasteiger partial charge in [-0.1, -0.05) is 54.6 Å². The molecule has 0 saturated carbocycles. The van der Waals surface area contributed by atoms with E-state index >= 15 is 0 Å². The van der Waals surface area contributed by atoms with Gasteiger partial charge >= 0.3 is 5.97 Å². The Hall–Kier alpha value is -3.21. The largest absolute Gasteiger partial charge is 0.467 e. The molecule has 4 nitrogen and oxygen atoms in total. The Kier molecular flexibility index (Phi) is 5.81. The molecule has 0 aliphatic carbocycles. The maximum Gasteiger partial charge on any atom is 0.328 e. The summed E-state index contributed by atoms with van der Waals surface area (Å²) in [6.07, 6.45) is 0.387. The van der Waals surface area contributed by atoms with Gasteiger partial charge < -0.3 is 10.1 Å². The summed E-state index contributed by atoms with van der Waals surface area (Å²) >= 11 is 0. The number of amides is 1. The van der Waals surface area contributed by atoms with Crippen LogP contribution in [0.15, 0.2) is 66.7 Å². The van der Waals surface area contributed by atoms with Crippen LogP contribution in [0.4, 0.5) is 4.39 Å². The lowest BCUT2D eigenvalue weighted by molar-refractivity contribution is -0.145. The van der Waals surface area contributed by atoms with Gasteiger partial charge in [0.1, 0.15) is 11.9 Å². The van der Waals surface area contributed by atoms with E-state index < -0.39 is 12.0 Å². The molecule has 27 heavy (non-hydrogen) atoms. The van der Waals surface area contributed by atoms with Crippen molar-refractivity contribution in [2.75, 3.05) is 7.11 Å². The quantitative estimate of drug-likeness (QED) is 0.681. The van der Waals surface area contributed by atoms with Crippen LogP contribution in [0.3, 0.4) is 0 Å². The number of ether oxygens (including phenoxy) is 1. The zero-order valence-corrected chi connectivity index (χ0v) is 14.9. The highest BCUT2D eigenvalue weighted by atomic mass is 19.1. The Morgan fingerprint density at radius 2 is 1.63 bits per heavy atom. The lowest BCUT2D eigenvalue weighted by atomic mass is 10.0. The van der Waals surface area contributed by atoms with Crippen LogP contribution in [0.1, 0.15) is 11.1 Å². The number of esters is 1. The molecule has 0 fully saturated rings. The number of methoxy groups -OCH3 is 1. The second kappa shape index (κ2) is 8.45. The summed E-state index contributed by atoms with van der Waals surface area (Å²) in [6.45, 7) is 0.